The van der Waals surface area contributed by atoms with Crippen molar-refractivity contribution >= 4 is 49.4 Å². The number of esters is 1. The fourth-order valence-electron chi connectivity index (χ4n) is 5.66. The first-order valence-corrected chi connectivity index (χ1v) is 19.7. The SMILES string of the molecule is COC(=O)C1C(c2ccc(O)c([Si](C)(C)C)c2[Si](C)(C)C)OC(=O)N1C(C)c1cccc2ccccc12. The summed E-state index contributed by atoms with van der Waals surface area (Å²) in [5, 5.41) is 15.1. The fourth-order valence-corrected chi connectivity index (χ4v) is 11.6. The molecule has 1 aliphatic rings. The Hall–Kier alpha value is -3.11. The third kappa shape index (κ3) is 4.80. The maximum Gasteiger partial charge on any atom is 0.411 e. The lowest BCUT2D eigenvalue weighted by molar-refractivity contribution is -0.147. The number of rotatable bonds is 6. The van der Waals surface area contributed by atoms with Crippen molar-refractivity contribution in [3.05, 3.63) is 65.7 Å². The summed E-state index contributed by atoms with van der Waals surface area (Å²) in [5.41, 5.74) is 1.73. The van der Waals surface area contributed by atoms with E-state index >= 15 is 0 Å². The molecule has 37 heavy (non-hydrogen) atoms. The smallest absolute Gasteiger partial charge is 0.411 e. The summed E-state index contributed by atoms with van der Waals surface area (Å²) >= 11 is 0. The first-order chi connectivity index (χ1) is 17.3. The number of carbonyl (C=O) groups excluding carboxylic acids is 2. The minimum absolute atomic E-state index is 0.278. The van der Waals surface area contributed by atoms with Crippen LogP contribution in [0.15, 0.2) is 54.6 Å². The van der Waals surface area contributed by atoms with Crippen molar-refractivity contribution in [2.75, 3.05) is 7.11 Å². The zero-order valence-corrected chi connectivity index (χ0v) is 25.0. The van der Waals surface area contributed by atoms with Crippen molar-refractivity contribution in [1.29, 1.82) is 0 Å². The van der Waals surface area contributed by atoms with E-state index in [-0.39, 0.29) is 5.75 Å². The van der Waals surface area contributed by atoms with Gasteiger partial charge in [0.15, 0.2) is 12.1 Å². The first-order valence-electron chi connectivity index (χ1n) is 12.7. The molecular formula is C29H37NO5Si2. The number of benzene rings is 3. The van der Waals surface area contributed by atoms with E-state index in [1.165, 1.54) is 12.0 Å². The molecular weight excluding hydrogens is 498 g/mol. The summed E-state index contributed by atoms with van der Waals surface area (Å²) in [7, 11) is -2.72. The van der Waals surface area contributed by atoms with Crippen molar-refractivity contribution in [2.45, 2.75) is 64.4 Å². The number of nitrogens with zero attached hydrogens (tertiary/aromatic N) is 1. The molecule has 196 valence electrons. The Labute approximate surface area is 221 Å². The van der Waals surface area contributed by atoms with Crippen LogP contribution in [0.1, 0.15) is 30.2 Å². The molecule has 1 aliphatic heterocycles. The van der Waals surface area contributed by atoms with Crippen molar-refractivity contribution in [3.8, 4) is 5.75 Å². The molecule has 1 saturated heterocycles. The molecule has 3 atom stereocenters. The minimum Gasteiger partial charge on any atom is -0.508 e. The Morgan fingerprint density at radius 3 is 2.19 bits per heavy atom. The maximum atomic E-state index is 13.5. The van der Waals surface area contributed by atoms with E-state index in [9.17, 15) is 14.7 Å². The minimum atomic E-state index is -2.06. The van der Waals surface area contributed by atoms with E-state index in [0.29, 0.717) is 0 Å². The summed E-state index contributed by atoms with van der Waals surface area (Å²) < 4.78 is 11.3. The molecule has 3 unspecified atom stereocenters. The van der Waals surface area contributed by atoms with E-state index in [2.05, 4.69) is 39.3 Å². The number of phenolic OH excluding ortho intramolecular Hbond substituents is 1. The van der Waals surface area contributed by atoms with Crippen LogP contribution in [0.2, 0.25) is 39.3 Å². The van der Waals surface area contributed by atoms with Gasteiger partial charge in [-0.05, 0) is 40.1 Å². The van der Waals surface area contributed by atoms with E-state index in [1.54, 1.807) is 6.07 Å². The number of ether oxygens (including phenoxy) is 2. The quantitative estimate of drug-likeness (QED) is 0.336. The topological polar surface area (TPSA) is 76.1 Å². The molecule has 0 spiro atoms. The van der Waals surface area contributed by atoms with Gasteiger partial charge in [0, 0.05) is 0 Å². The summed E-state index contributed by atoms with van der Waals surface area (Å²) in [6.45, 7) is 15.2. The molecule has 1 amide bonds. The Morgan fingerprint density at radius 1 is 0.946 bits per heavy atom. The molecule has 0 radical (unpaired) electrons. The van der Waals surface area contributed by atoms with Crippen LogP contribution < -0.4 is 10.4 Å². The summed E-state index contributed by atoms with van der Waals surface area (Å²) in [6.07, 6.45) is -1.39. The highest BCUT2D eigenvalue weighted by Gasteiger charge is 2.52. The molecule has 3 aromatic carbocycles. The average Bonchev–Trinajstić information content (AvgIpc) is 3.18. The molecule has 0 aliphatic carbocycles. The van der Waals surface area contributed by atoms with Gasteiger partial charge < -0.3 is 14.6 Å². The standard InChI is InChI=1S/C29H37NO5Si2/c1-18(20-15-11-13-19-12-9-10-14-21(19)20)30-24(28(32)34-2)25(35-29(30)33)22-16-17-23(31)27(37(6,7)8)26(22)36(3,4)5/h9-18,24-25,31H,1-8H3. The zero-order chi connectivity index (χ0) is 27.3. The Kier molecular flexibility index (Phi) is 7.02. The van der Waals surface area contributed by atoms with Crippen LogP contribution in [0.3, 0.4) is 0 Å². The van der Waals surface area contributed by atoms with Gasteiger partial charge >= 0.3 is 12.1 Å². The fraction of sp³-hybridized carbons (Fsp3) is 0.379. The second kappa shape index (κ2) is 9.65. The number of aromatic hydroxyl groups is 1. The Morgan fingerprint density at radius 2 is 1.57 bits per heavy atom. The highest BCUT2D eigenvalue weighted by molar-refractivity contribution is 6.99. The van der Waals surface area contributed by atoms with Gasteiger partial charge in [-0.2, -0.15) is 0 Å². The lowest BCUT2D eigenvalue weighted by Gasteiger charge is -2.34. The van der Waals surface area contributed by atoms with Crippen LogP contribution in [0, 0.1) is 0 Å². The Bertz CT molecular complexity index is 1350. The van der Waals surface area contributed by atoms with Gasteiger partial charge in [-0.1, -0.05) is 93.0 Å². The number of fused-ring (bicyclic) bond motifs is 1. The third-order valence-corrected chi connectivity index (χ3v) is 11.5. The molecule has 3 aromatic rings. The molecule has 4 rings (SSSR count). The van der Waals surface area contributed by atoms with E-state index in [0.717, 1.165) is 32.3 Å². The van der Waals surface area contributed by atoms with E-state index < -0.39 is 46.4 Å². The van der Waals surface area contributed by atoms with Crippen LogP contribution in [0.4, 0.5) is 4.79 Å². The summed E-state index contributed by atoms with van der Waals surface area (Å²) in [4.78, 5) is 28.4. The van der Waals surface area contributed by atoms with Gasteiger partial charge in [0.2, 0.25) is 0 Å². The van der Waals surface area contributed by atoms with E-state index in [4.69, 9.17) is 9.47 Å². The van der Waals surface area contributed by atoms with Crippen LogP contribution >= 0.6 is 0 Å². The van der Waals surface area contributed by atoms with Gasteiger partial charge in [-0.15, -0.1) is 0 Å². The number of cyclic esters (lactones) is 1. The highest BCUT2D eigenvalue weighted by Crippen LogP contribution is 2.40. The molecule has 6 nitrogen and oxygen atoms in total. The Balaban J connectivity index is 1.90. The molecule has 1 heterocycles. The zero-order valence-electron chi connectivity index (χ0n) is 23.0. The molecule has 8 heteroatoms. The number of amides is 1. The first kappa shape index (κ1) is 26.9. The average molecular weight is 536 g/mol. The van der Waals surface area contributed by atoms with Gasteiger partial charge in [-0.3, -0.25) is 4.90 Å². The molecule has 1 N–H and O–H groups in total. The maximum absolute atomic E-state index is 13.5. The third-order valence-electron chi connectivity index (χ3n) is 7.18. The van der Waals surface area contributed by atoms with Crippen molar-refractivity contribution in [2.24, 2.45) is 0 Å². The largest absolute Gasteiger partial charge is 0.508 e. The number of hydrogen-bond acceptors (Lipinski definition) is 5. The highest BCUT2D eigenvalue weighted by atomic mass is 28.3. The number of phenols is 1. The van der Waals surface area contributed by atoms with Crippen molar-refractivity contribution < 1.29 is 24.2 Å². The van der Waals surface area contributed by atoms with E-state index in [1.807, 2.05) is 55.5 Å². The lowest BCUT2D eigenvalue weighted by atomic mass is 9.96. The van der Waals surface area contributed by atoms with Crippen molar-refractivity contribution in [1.82, 2.24) is 4.90 Å². The van der Waals surface area contributed by atoms with Crippen LogP contribution in [0.5, 0.6) is 5.75 Å². The number of methoxy groups -OCH3 is 1. The van der Waals surface area contributed by atoms with Gasteiger partial charge in [0.05, 0.1) is 29.3 Å². The van der Waals surface area contributed by atoms with Crippen LogP contribution in [0.25, 0.3) is 10.8 Å². The predicted octanol–water partition coefficient (Wildman–Crippen LogP) is 5.43. The van der Waals surface area contributed by atoms with Gasteiger partial charge in [-0.25, -0.2) is 9.59 Å². The molecule has 0 bridgehead atoms. The monoisotopic (exact) mass is 535 g/mol. The van der Waals surface area contributed by atoms with Gasteiger partial charge in [0.1, 0.15) is 5.75 Å². The van der Waals surface area contributed by atoms with Gasteiger partial charge in [0.25, 0.3) is 0 Å². The normalized spacial score (nSPS) is 19.1. The van der Waals surface area contributed by atoms with Crippen LogP contribution in [-0.2, 0) is 14.3 Å². The lowest BCUT2D eigenvalue weighted by Crippen LogP contribution is -2.58. The molecule has 0 aromatic heterocycles. The van der Waals surface area contributed by atoms with Crippen LogP contribution in [-0.4, -0.2) is 51.4 Å². The molecule has 0 saturated carbocycles. The number of hydrogen-bond donors (Lipinski definition) is 1. The summed E-state index contributed by atoms with van der Waals surface area (Å²) in [5.74, 6) is -0.243. The second-order valence-corrected chi connectivity index (χ2v) is 21.8. The molecule has 1 fully saturated rings. The van der Waals surface area contributed by atoms with Crippen molar-refractivity contribution in [3.63, 3.8) is 0 Å². The predicted molar refractivity (Wildman–Crippen MR) is 153 cm³/mol. The number of carbonyl (C=O) groups is 2. The second-order valence-electron chi connectivity index (χ2n) is 11.8. The summed E-state index contributed by atoms with van der Waals surface area (Å²) in [6, 6.07) is 16.1.